The maximum atomic E-state index is 13.3. The fraction of sp³-hybridized carbons (Fsp3) is 0.917. The molecule has 2 aliphatic rings. The van der Waals surface area contributed by atoms with Crippen LogP contribution in [-0.2, 0) is 9.47 Å². The van der Waals surface area contributed by atoms with Crippen molar-refractivity contribution in [1.82, 2.24) is 9.80 Å². The summed E-state index contributed by atoms with van der Waals surface area (Å²) in [6.45, 7) is 17.4. The molecule has 2 saturated heterocycles. The second-order valence-electron chi connectivity index (χ2n) is 11.3. The molecule has 2 fully saturated rings. The van der Waals surface area contributed by atoms with E-state index >= 15 is 0 Å². The summed E-state index contributed by atoms with van der Waals surface area (Å²) in [5, 5.41) is 11.0. The third-order valence-electron chi connectivity index (χ3n) is 6.65. The second-order valence-corrected chi connectivity index (χ2v) is 11.3. The van der Waals surface area contributed by atoms with Crippen LogP contribution in [-0.4, -0.2) is 70.6 Å². The SMILES string of the molecule is CCC1CCN(C(=O)O[C@H]2CN(C(=O)OC(C)(C)C)CC[C@@H]2CC)[C@H](C(C)(C)C)[C@H]1O. The standard InChI is InChI=1S/C24H44N2O5/c1-9-16-11-13-25(21(28)31-24(6,7)8)15-18(16)30-22(29)26-14-12-17(10-2)19(27)20(26)23(3,4)5/h16-20,27H,9-15H2,1-8H3/t16-,17?,18-,19-,20-/m0/s1. The number of amides is 2. The van der Waals surface area contributed by atoms with Gasteiger partial charge in [-0.05, 0) is 57.3 Å². The summed E-state index contributed by atoms with van der Waals surface area (Å²) in [4.78, 5) is 29.2. The Morgan fingerprint density at radius 2 is 1.52 bits per heavy atom. The largest absolute Gasteiger partial charge is 0.444 e. The van der Waals surface area contributed by atoms with Crippen molar-refractivity contribution < 1.29 is 24.2 Å². The van der Waals surface area contributed by atoms with Gasteiger partial charge < -0.3 is 24.4 Å². The maximum absolute atomic E-state index is 13.3. The number of aliphatic hydroxyl groups is 1. The van der Waals surface area contributed by atoms with E-state index in [0.717, 1.165) is 25.7 Å². The van der Waals surface area contributed by atoms with Crippen LogP contribution in [0.2, 0.25) is 0 Å². The molecule has 31 heavy (non-hydrogen) atoms. The van der Waals surface area contributed by atoms with Crippen LogP contribution in [0.15, 0.2) is 0 Å². The minimum Gasteiger partial charge on any atom is -0.444 e. The van der Waals surface area contributed by atoms with Crippen molar-refractivity contribution in [1.29, 1.82) is 0 Å². The first kappa shape index (κ1) is 25.8. The van der Waals surface area contributed by atoms with Gasteiger partial charge >= 0.3 is 12.2 Å². The van der Waals surface area contributed by atoms with Crippen molar-refractivity contribution in [2.24, 2.45) is 17.3 Å². The molecule has 0 saturated carbocycles. The zero-order chi connectivity index (χ0) is 23.6. The zero-order valence-electron chi connectivity index (χ0n) is 20.8. The van der Waals surface area contributed by atoms with Crippen molar-refractivity contribution in [3.63, 3.8) is 0 Å². The highest BCUT2D eigenvalue weighted by Crippen LogP contribution is 2.37. The Morgan fingerprint density at radius 3 is 2.03 bits per heavy atom. The van der Waals surface area contributed by atoms with Gasteiger partial charge in [0.2, 0.25) is 0 Å². The maximum Gasteiger partial charge on any atom is 0.410 e. The molecule has 0 bridgehead atoms. The Bertz CT molecular complexity index is 624. The lowest BCUT2D eigenvalue weighted by atomic mass is 9.74. The van der Waals surface area contributed by atoms with Crippen LogP contribution in [0.5, 0.6) is 0 Å². The summed E-state index contributed by atoms with van der Waals surface area (Å²) in [5.41, 5.74) is -0.837. The fourth-order valence-electron chi connectivity index (χ4n) is 4.94. The molecule has 7 heteroatoms. The first-order chi connectivity index (χ1) is 14.3. The highest BCUT2D eigenvalue weighted by Gasteiger charge is 2.46. The number of hydrogen-bond acceptors (Lipinski definition) is 5. The molecule has 0 aromatic heterocycles. The number of hydrogen-bond donors (Lipinski definition) is 1. The van der Waals surface area contributed by atoms with E-state index in [9.17, 15) is 14.7 Å². The Hall–Kier alpha value is -1.50. The Morgan fingerprint density at radius 1 is 0.935 bits per heavy atom. The van der Waals surface area contributed by atoms with Crippen LogP contribution in [0.3, 0.4) is 0 Å². The topological polar surface area (TPSA) is 79.3 Å². The molecule has 0 aliphatic carbocycles. The van der Waals surface area contributed by atoms with Crippen molar-refractivity contribution in [3.8, 4) is 0 Å². The first-order valence-corrected chi connectivity index (χ1v) is 11.9. The predicted octanol–water partition coefficient (Wildman–Crippen LogP) is 4.67. The molecule has 2 heterocycles. The number of ether oxygens (including phenoxy) is 2. The van der Waals surface area contributed by atoms with Gasteiger partial charge in [-0.15, -0.1) is 0 Å². The van der Waals surface area contributed by atoms with E-state index in [1.807, 2.05) is 20.8 Å². The Kier molecular flexibility index (Phi) is 8.28. The van der Waals surface area contributed by atoms with Crippen molar-refractivity contribution in [2.75, 3.05) is 19.6 Å². The molecule has 0 aromatic rings. The van der Waals surface area contributed by atoms with Crippen molar-refractivity contribution in [3.05, 3.63) is 0 Å². The van der Waals surface area contributed by atoms with Gasteiger partial charge in [-0.1, -0.05) is 41.0 Å². The van der Waals surface area contributed by atoms with Gasteiger partial charge in [-0.3, -0.25) is 0 Å². The molecule has 2 rings (SSSR count). The summed E-state index contributed by atoms with van der Waals surface area (Å²) in [6.07, 6.45) is 1.62. The molecular formula is C24H44N2O5. The van der Waals surface area contributed by atoms with Crippen LogP contribution < -0.4 is 0 Å². The summed E-state index contributed by atoms with van der Waals surface area (Å²) in [6, 6.07) is -0.302. The number of nitrogens with zero attached hydrogens (tertiary/aromatic N) is 2. The number of likely N-dealkylation sites (tertiary alicyclic amines) is 2. The highest BCUT2D eigenvalue weighted by atomic mass is 16.6. The van der Waals surface area contributed by atoms with E-state index in [1.165, 1.54) is 0 Å². The normalized spacial score (nSPS) is 30.2. The lowest BCUT2D eigenvalue weighted by molar-refractivity contribution is -0.0825. The summed E-state index contributed by atoms with van der Waals surface area (Å²) >= 11 is 0. The van der Waals surface area contributed by atoms with Gasteiger partial charge in [0.05, 0.1) is 18.7 Å². The average molecular weight is 441 g/mol. The molecule has 2 amide bonds. The van der Waals surface area contributed by atoms with E-state index in [1.54, 1.807) is 9.80 Å². The number of carbonyl (C=O) groups is 2. The minimum atomic E-state index is -0.571. The molecule has 5 atom stereocenters. The van der Waals surface area contributed by atoms with Gasteiger partial charge in [-0.25, -0.2) is 9.59 Å². The van der Waals surface area contributed by atoms with Crippen molar-refractivity contribution >= 4 is 12.2 Å². The summed E-state index contributed by atoms with van der Waals surface area (Å²) < 4.78 is 11.5. The van der Waals surface area contributed by atoms with E-state index < -0.39 is 11.7 Å². The predicted molar refractivity (Wildman–Crippen MR) is 121 cm³/mol. The second kappa shape index (κ2) is 9.97. The smallest absolute Gasteiger partial charge is 0.410 e. The van der Waals surface area contributed by atoms with Crippen LogP contribution in [0.4, 0.5) is 9.59 Å². The van der Waals surface area contributed by atoms with Crippen LogP contribution in [0, 0.1) is 17.3 Å². The lowest BCUT2D eigenvalue weighted by Crippen LogP contribution is -2.60. The lowest BCUT2D eigenvalue weighted by Gasteiger charge is -2.49. The fourth-order valence-corrected chi connectivity index (χ4v) is 4.94. The van der Waals surface area contributed by atoms with E-state index in [0.29, 0.717) is 19.6 Å². The molecule has 7 nitrogen and oxygen atoms in total. The monoisotopic (exact) mass is 440 g/mol. The third-order valence-corrected chi connectivity index (χ3v) is 6.65. The quantitative estimate of drug-likeness (QED) is 0.690. The van der Waals surface area contributed by atoms with E-state index in [2.05, 4.69) is 34.6 Å². The summed E-state index contributed by atoms with van der Waals surface area (Å²) in [7, 11) is 0. The number of rotatable bonds is 3. The Labute approximate surface area is 188 Å². The summed E-state index contributed by atoms with van der Waals surface area (Å²) in [5.74, 6) is 0.392. The van der Waals surface area contributed by atoms with Gasteiger partial charge in [0.1, 0.15) is 11.7 Å². The van der Waals surface area contributed by atoms with Crippen LogP contribution >= 0.6 is 0 Å². The van der Waals surface area contributed by atoms with Gasteiger partial charge in [0, 0.05) is 13.1 Å². The van der Waals surface area contributed by atoms with E-state index in [4.69, 9.17) is 9.47 Å². The van der Waals surface area contributed by atoms with Crippen LogP contribution in [0.1, 0.15) is 81.1 Å². The molecule has 0 radical (unpaired) electrons. The average Bonchev–Trinajstić information content (AvgIpc) is 2.65. The third kappa shape index (κ3) is 6.50. The molecule has 2 aliphatic heterocycles. The zero-order valence-corrected chi connectivity index (χ0v) is 20.8. The van der Waals surface area contributed by atoms with Gasteiger partial charge in [0.15, 0.2) is 0 Å². The molecule has 1 N–H and O–H groups in total. The highest BCUT2D eigenvalue weighted by molar-refractivity contribution is 5.70. The molecule has 0 aromatic carbocycles. The first-order valence-electron chi connectivity index (χ1n) is 11.9. The number of aliphatic hydroxyl groups excluding tert-OH is 1. The van der Waals surface area contributed by atoms with Gasteiger partial charge in [0.25, 0.3) is 0 Å². The Balaban J connectivity index is 2.14. The molecule has 1 unspecified atom stereocenters. The molecule has 180 valence electrons. The van der Waals surface area contributed by atoms with Crippen molar-refractivity contribution in [2.45, 2.75) is 105 Å². The number of piperidine rings is 2. The molecular weight excluding hydrogens is 396 g/mol. The van der Waals surface area contributed by atoms with Gasteiger partial charge in [-0.2, -0.15) is 0 Å². The molecule has 0 spiro atoms. The minimum absolute atomic E-state index is 0.189. The van der Waals surface area contributed by atoms with E-state index in [-0.39, 0.29) is 41.6 Å². The van der Waals surface area contributed by atoms with Crippen LogP contribution in [0.25, 0.3) is 0 Å². The number of carbonyl (C=O) groups excluding carboxylic acids is 2.